The van der Waals surface area contributed by atoms with Gasteiger partial charge in [0.1, 0.15) is 0 Å². The van der Waals surface area contributed by atoms with E-state index in [0.29, 0.717) is 5.67 Å². The van der Waals surface area contributed by atoms with E-state index < -0.39 is 8.07 Å². The molecule has 0 aliphatic heterocycles. The number of hydrogen-bond acceptors (Lipinski definition) is 1. The van der Waals surface area contributed by atoms with Crippen LogP contribution < -0.4 is 5.73 Å². The van der Waals surface area contributed by atoms with Crippen molar-refractivity contribution in [1.82, 2.24) is 0 Å². The van der Waals surface area contributed by atoms with Gasteiger partial charge in [-0.1, -0.05) is 19.6 Å². The van der Waals surface area contributed by atoms with Gasteiger partial charge in [-0.15, -0.1) is 12.3 Å². The molecule has 0 amide bonds. The monoisotopic (exact) mass is 173 g/mol. The van der Waals surface area contributed by atoms with Crippen LogP contribution in [0.1, 0.15) is 0 Å². The molecule has 1 atom stereocenters. The molecule has 10 heavy (non-hydrogen) atoms. The predicted octanol–water partition coefficient (Wildman–Crippen LogP) is 0.922. The van der Waals surface area contributed by atoms with E-state index in [0.717, 1.165) is 0 Å². The normalized spacial score (nSPS) is 16.0. The molecule has 0 saturated heterocycles. The molecule has 0 aromatic carbocycles. The van der Waals surface area contributed by atoms with Crippen LogP contribution in [0.5, 0.6) is 0 Å². The molecule has 0 fully saturated rings. The molecule has 0 bridgehead atoms. The van der Waals surface area contributed by atoms with Gasteiger partial charge < -0.3 is 5.73 Å². The number of rotatable bonds is 4. The first-order valence-electron chi connectivity index (χ1n) is 3.85. The van der Waals surface area contributed by atoms with Crippen LogP contribution in [-0.2, 0) is 0 Å². The van der Waals surface area contributed by atoms with Crippen LogP contribution in [-0.4, -0.2) is 23.3 Å². The first kappa shape index (κ1) is 10.1. The third-order valence-electron chi connectivity index (χ3n) is 1.79. The van der Waals surface area contributed by atoms with Crippen molar-refractivity contribution in [3.8, 4) is 0 Å². The zero-order chi connectivity index (χ0) is 8.20. The minimum atomic E-state index is -1.03. The summed E-state index contributed by atoms with van der Waals surface area (Å²) in [5.74, 6) is 0. The summed E-state index contributed by atoms with van der Waals surface area (Å²) >= 11 is 0. The third kappa shape index (κ3) is 4.03. The van der Waals surface area contributed by atoms with Crippen molar-refractivity contribution in [3.05, 3.63) is 12.3 Å². The second kappa shape index (κ2) is 4.10. The van der Waals surface area contributed by atoms with Crippen molar-refractivity contribution >= 4 is 17.6 Å². The molecule has 60 valence electrons. The van der Waals surface area contributed by atoms with E-state index in [9.17, 15) is 0 Å². The molecule has 0 aromatic rings. The Hall–Kier alpha value is 0.134. The highest BCUT2D eigenvalue weighted by atomic mass is 28.3. The highest BCUT2D eigenvalue weighted by molar-refractivity contribution is 6.78. The van der Waals surface area contributed by atoms with Crippen LogP contribution in [0.4, 0.5) is 0 Å². The smallest absolute Gasteiger partial charge is 0.0628 e. The summed E-state index contributed by atoms with van der Waals surface area (Å²) in [5.41, 5.74) is 8.57. The molecular formula is C7H19NSi2. The van der Waals surface area contributed by atoms with Crippen LogP contribution in [0.25, 0.3) is 0 Å². The van der Waals surface area contributed by atoms with Gasteiger partial charge in [0, 0.05) is 9.52 Å². The predicted molar refractivity (Wildman–Crippen MR) is 54.9 cm³/mol. The Balaban J connectivity index is 3.61. The topological polar surface area (TPSA) is 26.0 Å². The Bertz CT molecular complexity index is 107. The summed E-state index contributed by atoms with van der Waals surface area (Å²) in [6.45, 7) is 10.7. The fraction of sp³-hybridized carbons (Fsp3) is 0.714. The Morgan fingerprint density at radius 3 is 2.40 bits per heavy atom. The van der Waals surface area contributed by atoms with Crippen LogP contribution >= 0.6 is 0 Å². The molecule has 0 radical (unpaired) electrons. The van der Waals surface area contributed by atoms with Crippen LogP contribution in [0, 0.1) is 0 Å². The molecule has 1 unspecified atom stereocenters. The van der Waals surface area contributed by atoms with E-state index in [4.69, 9.17) is 5.73 Å². The summed E-state index contributed by atoms with van der Waals surface area (Å²) in [5, 5.41) is 0. The first-order chi connectivity index (χ1) is 4.48. The number of hydrogen-bond donors (Lipinski definition) is 1. The van der Waals surface area contributed by atoms with E-state index >= 15 is 0 Å². The molecule has 3 heteroatoms. The third-order valence-corrected chi connectivity index (χ3v) is 6.25. The molecule has 0 saturated carbocycles. The highest BCUT2D eigenvalue weighted by Crippen LogP contribution is 2.08. The minimum absolute atomic E-state index is 0.0320. The van der Waals surface area contributed by atoms with E-state index in [-0.39, 0.29) is 9.52 Å². The maximum Gasteiger partial charge on any atom is 0.0628 e. The Kier molecular flexibility index (Phi) is 4.16. The Morgan fingerprint density at radius 2 is 2.10 bits per heavy atom. The average molecular weight is 173 g/mol. The lowest BCUT2D eigenvalue weighted by Gasteiger charge is -2.24. The van der Waals surface area contributed by atoms with Gasteiger partial charge >= 0.3 is 0 Å². The minimum Gasteiger partial charge on any atom is -0.331 e. The van der Waals surface area contributed by atoms with Gasteiger partial charge in [-0.05, 0) is 11.7 Å². The Labute approximate surface area is 67.5 Å². The van der Waals surface area contributed by atoms with Crippen molar-refractivity contribution < 1.29 is 0 Å². The van der Waals surface area contributed by atoms with Crippen molar-refractivity contribution in [2.45, 2.75) is 31.4 Å². The van der Waals surface area contributed by atoms with Crippen molar-refractivity contribution in [3.63, 3.8) is 0 Å². The summed E-state index contributed by atoms with van der Waals surface area (Å²) in [6, 6.07) is 1.25. The van der Waals surface area contributed by atoms with Crippen molar-refractivity contribution in [1.29, 1.82) is 0 Å². The van der Waals surface area contributed by atoms with Crippen LogP contribution in [0.3, 0.4) is 0 Å². The lowest BCUT2D eigenvalue weighted by molar-refractivity contribution is 0.966. The number of nitrogens with two attached hydrogens (primary N) is 1. The SMILES string of the molecule is C=C[SiH2]CC(N)[Si](C)(C)C. The van der Waals surface area contributed by atoms with Crippen LogP contribution in [0.15, 0.2) is 12.3 Å². The van der Waals surface area contributed by atoms with Gasteiger partial charge in [0.2, 0.25) is 0 Å². The van der Waals surface area contributed by atoms with Crippen molar-refractivity contribution in [2.75, 3.05) is 0 Å². The molecular weight excluding hydrogens is 154 g/mol. The summed E-state index contributed by atoms with van der Waals surface area (Å²) in [4.78, 5) is 0. The zero-order valence-corrected chi connectivity index (χ0v) is 9.77. The maximum absolute atomic E-state index is 5.99. The molecule has 1 nitrogen and oxygen atoms in total. The quantitative estimate of drug-likeness (QED) is 0.629. The molecule has 0 aliphatic carbocycles. The van der Waals surface area contributed by atoms with E-state index in [1.54, 1.807) is 0 Å². The van der Waals surface area contributed by atoms with Gasteiger partial charge in [0.05, 0.1) is 8.07 Å². The lowest BCUT2D eigenvalue weighted by Crippen LogP contribution is -2.45. The van der Waals surface area contributed by atoms with Gasteiger partial charge in [0.25, 0.3) is 0 Å². The largest absolute Gasteiger partial charge is 0.331 e. The fourth-order valence-electron chi connectivity index (χ4n) is 0.730. The van der Waals surface area contributed by atoms with Gasteiger partial charge in [0.15, 0.2) is 0 Å². The summed E-state index contributed by atoms with van der Waals surface area (Å²) < 4.78 is 0. The molecule has 0 rings (SSSR count). The molecule has 0 aliphatic rings. The maximum atomic E-state index is 5.99. The average Bonchev–Trinajstić information content (AvgIpc) is 1.80. The van der Waals surface area contributed by atoms with E-state index in [2.05, 4.69) is 31.9 Å². The first-order valence-corrected chi connectivity index (χ1v) is 9.24. The lowest BCUT2D eigenvalue weighted by atomic mass is 10.8. The fourth-order valence-corrected chi connectivity index (χ4v) is 5.29. The molecule has 0 heterocycles. The van der Waals surface area contributed by atoms with Gasteiger partial charge in [-0.2, -0.15) is 0 Å². The van der Waals surface area contributed by atoms with Crippen LogP contribution in [0.2, 0.25) is 25.7 Å². The zero-order valence-electron chi connectivity index (χ0n) is 7.35. The highest BCUT2D eigenvalue weighted by Gasteiger charge is 2.21. The molecule has 2 N–H and O–H groups in total. The van der Waals surface area contributed by atoms with E-state index in [1.165, 1.54) is 6.04 Å². The molecule has 0 spiro atoms. The summed E-state index contributed by atoms with van der Waals surface area (Å²) in [6.07, 6.45) is 0. The summed E-state index contributed by atoms with van der Waals surface area (Å²) in [7, 11) is -1.07. The second-order valence-corrected chi connectivity index (χ2v) is 11.0. The van der Waals surface area contributed by atoms with E-state index in [1.807, 2.05) is 0 Å². The van der Waals surface area contributed by atoms with Gasteiger partial charge in [-0.3, -0.25) is 0 Å². The molecule has 0 aromatic heterocycles. The standard InChI is InChI=1S/C7H19NSi2/c1-5-9-6-7(8)10(2,3)4/h5,7H,1,6,8-9H2,2-4H3. The van der Waals surface area contributed by atoms with Crippen molar-refractivity contribution in [2.24, 2.45) is 5.73 Å². The second-order valence-electron chi connectivity index (χ2n) is 3.84. The van der Waals surface area contributed by atoms with Gasteiger partial charge in [-0.25, -0.2) is 0 Å². The Morgan fingerprint density at radius 1 is 1.60 bits per heavy atom.